The first-order valence-corrected chi connectivity index (χ1v) is 13.5. The zero-order valence-electron chi connectivity index (χ0n) is 21.3. The molecule has 0 aliphatic heterocycles. The fourth-order valence-corrected chi connectivity index (χ4v) is 6.52. The number of hydrogen-bond donors (Lipinski definition) is 1. The van der Waals surface area contributed by atoms with Gasteiger partial charge in [0.05, 0.1) is 30.2 Å². The van der Waals surface area contributed by atoms with Gasteiger partial charge in [0.25, 0.3) is 11.5 Å². The number of methoxy groups -OCH3 is 1. The highest BCUT2D eigenvalue weighted by Crippen LogP contribution is 2.41. The molecule has 0 unspecified atom stereocenters. The number of ether oxygens (including phenoxy) is 1. The van der Waals surface area contributed by atoms with Crippen molar-refractivity contribution in [3.63, 3.8) is 0 Å². The van der Waals surface area contributed by atoms with Crippen molar-refractivity contribution < 1.29 is 14.3 Å². The Hall–Kier alpha value is -4.08. The zero-order chi connectivity index (χ0) is 27.0. The molecule has 192 valence electrons. The standard InChI is InChI=1S/C29H25N3O4S2/c1-16-10-12-20(13-11-16)22-18(3)37-27(23(22)29(35)36-4)31-25(33)24-17(2)21-26(38-24)30-15-32(28(21)34)14-19-8-6-5-7-9-19/h5-13,15H,14H2,1-4H3,(H,31,33). The van der Waals surface area contributed by atoms with Crippen molar-refractivity contribution in [2.45, 2.75) is 27.3 Å². The lowest BCUT2D eigenvalue weighted by Crippen LogP contribution is -2.21. The lowest BCUT2D eigenvalue weighted by molar-refractivity contribution is 0.0603. The van der Waals surface area contributed by atoms with Gasteiger partial charge in [0.1, 0.15) is 15.4 Å². The van der Waals surface area contributed by atoms with Gasteiger partial charge >= 0.3 is 5.97 Å². The number of nitrogens with zero attached hydrogens (tertiary/aromatic N) is 2. The van der Waals surface area contributed by atoms with E-state index in [4.69, 9.17) is 4.74 Å². The Kier molecular flexibility index (Phi) is 6.96. The van der Waals surface area contributed by atoms with Crippen molar-refractivity contribution in [3.05, 3.63) is 103 Å². The van der Waals surface area contributed by atoms with Crippen molar-refractivity contribution in [1.29, 1.82) is 0 Å². The number of thiophene rings is 2. The van der Waals surface area contributed by atoms with E-state index in [9.17, 15) is 14.4 Å². The Balaban J connectivity index is 1.52. The molecule has 0 bridgehead atoms. The highest BCUT2D eigenvalue weighted by Gasteiger charge is 2.27. The highest BCUT2D eigenvalue weighted by atomic mass is 32.1. The van der Waals surface area contributed by atoms with Gasteiger partial charge in [-0.15, -0.1) is 22.7 Å². The molecule has 1 N–H and O–H groups in total. The van der Waals surface area contributed by atoms with Crippen LogP contribution in [0.15, 0.2) is 65.7 Å². The average molecular weight is 544 g/mol. The number of anilines is 1. The lowest BCUT2D eigenvalue weighted by Gasteiger charge is -2.08. The topological polar surface area (TPSA) is 90.3 Å². The molecule has 38 heavy (non-hydrogen) atoms. The molecule has 7 nitrogen and oxygen atoms in total. The predicted molar refractivity (Wildman–Crippen MR) is 153 cm³/mol. The van der Waals surface area contributed by atoms with E-state index in [0.717, 1.165) is 38.5 Å². The van der Waals surface area contributed by atoms with E-state index in [1.165, 1.54) is 24.8 Å². The summed E-state index contributed by atoms with van der Waals surface area (Å²) in [6, 6.07) is 17.5. The number of hydrogen-bond acceptors (Lipinski definition) is 7. The predicted octanol–water partition coefficient (Wildman–Crippen LogP) is 6.20. The normalized spacial score (nSPS) is 11.1. The van der Waals surface area contributed by atoms with Gasteiger partial charge < -0.3 is 10.1 Å². The number of carbonyl (C=O) groups is 2. The maximum atomic E-state index is 13.5. The second-order valence-electron chi connectivity index (χ2n) is 8.95. The minimum Gasteiger partial charge on any atom is -0.465 e. The van der Waals surface area contributed by atoms with E-state index in [-0.39, 0.29) is 5.56 Å². The third-order valence-corrected chi connectivity index (χ3v) is 8.58. The van der Waals surface area contributed by atoms with Gasteiger partial charge in [-0.05, 0) is 37.5 Å². The largest absolute Gasteiger partial charge is 0.465 e. The van der Waals surface area contributed by atoms with Gasteiger partial charge in [-0.1, -0.05) is 60.2 Å². The molecule has 5 rings (SSSR count). The fourth-order valence-electron chi connectivity index (χ4n) is 4.43. The number of nitrogens with one attached hydrogen (secondary N) is 1. The van der Waals surface area contributed by atoms with E-state index in [1.54, 1.807) is 11.5 Å². The van der Waals surface area contributed by atoms with Crippen LogP contribution in [0, 0.1) is 20.8 Å². The summed E-state index contributed by atoms with van der Waals surface area (Å²) < 4.78 is 6.62. The summed E-state index contributed by atoms with van der Waals surface area (Å²) >= 11 is 2.48. The molecule has 1 amide bonds. The summed E-state index contributed by atoms with van der Waals surface area (Å²) in [5.74, 6) is -0.930. The molecular formula is C29H25N3O4S2. The molecule has 0 aliphatic rings. The first-order chi connectivity index (χ1) is 18.3. The van der Waals surface area contributed by atoms with Crippen LogP contribution in [0.5, 0.6) is 0 Å². The molecule has 0 radical (unpaired) electrons. The second kappa shape index (κ2) is 10.4. The summed E-state index contributed by atoms with van der Waals surface area (Å²) in [5, 5.41) is 3.74. The number of esters is 1. The van der Waals surface area contributed by atoms with Gasteiger partial charge in [0.15, 0.2) is 0 Å². The number of rotatable bonds is 6. The molecule has 2 aromatic carbocycles. The quantitative estimate of drug-likeness (QED) is 0.258. The smallest absolute Gasteiger partial charge is 0.341 e. The lowest BCUT2D eigenvalue weighted by atomic mass is 10.0. The van der Waals surface area contributed by atoms with Crippen molar-refractivity contribution in [1.82, 2.24) is 9.55 Å². The Morgan fingerprint density at radius 3 is 2.39 bits per heavy atom. The summed E-state index contributed by atoms with van der Waals surface area (Å²) in [6.07, 6.45) is 1.52. The van der Waals surface area contributed by atoms with Crippen LogP contribution in [0.1, 0.15) is 41.6 Å². The Morgan fingerprint density at radius 1 is 1.00 bits per heavy atom. The van der Waals surface area contributed by atoms with E-state index < -0.39 is 11.9 Å². The SMILES string of the molecule is COC(=O)c1c(NC(=O)c2sc3ncn(Cc4ccccc4)c(=O)c3c2C)sc(C)c1-c1ccc(C)cc1. The van der Waals surface area contributed by atoms with E-state index >= 15 is 0 Å². The van der Waals surface area contributed by atoms with Gasteiger partial charge in [0.2, 0.25) is 0 Å². The number of aryl methyl sites for hydroxylation is 3. The molecular weight excluding hydrogens is 518 g/mol. The van der Waals surface area contributed by atoms with Crippen LogP contribution >= 0.6 is 22.7 Å². The molecule has 3 aromatic heterocycles. The van der Waals surface area contributed by atoms with Gasteiger partial charge in [0, 0.05) is 10.4 Å². The summed E-state index contributed by atoms with van der Waals surface area (Å²) in [7, 11) is 1.32. The molecule has 0 fully saturated rings. The maximum Gasteiger partial charge on any atom is 0.341 e. The third-order valence-electron chi connectivity index (χ3n) is 6.36. The fraction of sp³-hybridized carbons (Fsp3) is 0.172. The number of benzene rings is 2. The molecule has 0 aliphatic carbocycles. The van der Waals surface area contributed by atoms with E-state index in [0.29, 0.717) is 37.8 Å². The number of fused-ring (bicyclic) bond motifs is 1. The van der Waals surface area contributed by atoms with Gasteiger partial charge in [-0.25, -0.2) is 9.78 Å². The Morgan fingerprint density at radius 2 is 1.71 bits per heavy atom. The van der Waals surface area contributed by atoms with Crippen LogP contribution in [0.25, 0.3) is 21.3 Å². The number of carbonyl (C=O) groups excluding carboxylic acids is 2. The summed E-state index contributed by atoms with van der Waals surface area (Å²) in [6.45, 7) is 6.04. The zero-order valence-corrected chi connectivity index (χ0v) is 23.0. The Bertz CT molecular complexity index is 1730. The molecule has 0 saturated carbocycles. The summed E-state index contributed by atoms with van der Waals surface area (Å²) in [5.41, 5.74) is 4.36. The van der Waals surface area contributed by atoms with Crippen LogP contribution < -0.4 is 10.9 Å². The number of amides is 1. The van der Waals surface area contributed by atoms with Crippen LogP contribution in [-0.4, -0.2) is 28.5 Å². The minimum absolute atomic E-state index is 0.199. The minimum atomic E-state index is -0.529. The van der Waals surface area contributed by atoms with Gasteiger partial charge in [-0.3, -0.25) is 14.2 Å². The third kappa shape index (κ3) is 4.66. The molecule has 0 saturated heterocycles. The van der Waals surface area contributed by atoms with Crippen molar-refractivity contribution >= 4 is 49.8 Å². The molecule has 9 heteroatoms. The average Bonchev–Trinajstić information content (AvgIpc) is 3.42. The molecule has 0 spiro atoms. The monoisotopic (exact) mass is 543 g/mol. The molecule has 5 aromatic rings. The van der Waals surface area contributed by atoms with E-state index in [2.05, 4.69) is 10.3 Å². The van der Waals surface area contributed by atoms with Crippen LogP contribution in [0.3, 0.4) is 0 Å². The first-order valence-electron chi connectivity index (χ1n) is 11.9. The van der Waals surface area contributed by atoms with Crippen LogP contribution in [0.4, 0.5) is 5.00 Å². The second-order valence-corrected chi connectivity index (χ2v) is 11.2. The van der Waals surface area contributed by atoms with Gasteiger partial charge in [-0.2, -0.15) is 0 Å². The van der Waals surface area contributed by atoms with Crippen LogP contribution in [-0.2, 0) is 11.3 Å². The van der Waals surface area contributed by atoms with Crippen LogP contribution in [0.2, 0.25) is 0 Å². The Labute approximate surface area is 227 Å². The van der Waals surface area contributed by atoms with Crippen molar-refractivity contribution in [2.75, 3.05) is 12.4 Å². The van der Waals surface area contributed by atoms with E-state index in [1.807, 2.05) is 68.4 Å². The highest BCUT2D eigenvalue weighted by molar-refractivity contribution is 7.21. The summed E-state index contributed by atoms with van der Waals surface area (Å²) in [4.78, 5) is 45.8. The maximum absolute atomic E-state index is 13.5. The molecule has 0 atom stereocenters. The first kappa shape index (κ1) is 25.6. The van der Waals surface area contributed by atoms with Crippen molar-refractivity contribution in [3.8, 4) is 11.1 Å². The molecule has 3 heterocycles. The number of aromatic nitrogens is 2. The van der Waals surface area contributed by atoms with Crippen molar-refractivity contribution in [2.24, 2.45) is 0 Å².